The Hall–Kier alpha value is 0.270. The standard InChI is InChI=1S/C14H28N2S/c1-3-16(13-8-9-17-11(13)2)14-7-5-4-6-12(14)10-15/h11-14H,3-10,15H2,1-2H3. The maximum atomic E-state index is 5.99. The van der Waals surface area contributed by atoms with Gasteiger partial charge in [0.05, 0.1) is 0 Å². The summed E-state index contributed by atoms with van der Waals surface area (Å²) in [5, 5.41) is 0.815. The first-order valence-electron chi connectivity index (χ1n) is 7.35. The van der Waals surface area contributed by atoms with E-state index in [9.17, 15) is 0 Å². The second-order valence-corrected chi connectivity index (χ2v) is 7.10. The monoisotopic (exact) mass is 256 g/mol. The summed E-state index contributed by atoms with van der Waals surface area (Å²) in [6.45, 7) is 6.83. The molecule has 1 saturated heterocycles. The van der Waals surface area contributed by atoms with Crippen molar-refractivity contribution in [2.45, 2.75) is 63.3 Å². The molecule has 1 saturated carbocycles. The third-order valence-electron chi connectivity index (χ3n) is 4.73. The maximum Gasteiger partial charge on any atom is 0.0222 e. The lowest BCUT2D eigenvalue weighted by Crippen LogP contribution is -2.51. The number of nitrogens with two attached hydrogens (primary N) is 1. The molecule has 2 fully saturated rings. The van der Waals surface area contributed by atoms with Gasteiger partial charge in [0, 0.05) is 17.3 Å². The van der Waals surface area contributed by atoms with Crippen LogP contribution in [0.3, 0.4) is 0 Å². The van der Waals surface area contributed by atoms with E-state index in [-0.39, 0.29) is 0 Å². The van der Waals surface area contributed by atoms with Crippen molar-refractivity contribution in [3.63, 3.8) is 0 Å². The molecule has 4 atom stereocenters. The molecule has 100 valence electrons. The van der Waals surface area contributed by atoms with Crippen LogP contribution in [0.5, 0.6) is 0 Å². The first-order chi connectivity index (χ1) is 8.27. The molecule has 2 N–H and O–H groups in total. The molecule has 17 heavy (non-hydrogen) atoms. The number of rotatable bonds is 4. The van der Waals surface area contributed by atoms with Crippen molar-refractivity contribution in [2.24, 2.45) is 11.7 Å². The minimum atomic E-state index is 0.751. The summed E-state index contributed by atoms with van der Waals surface area (Å²) in [7, 11) is 0. The van der Waals surface area contributed by atoms with Crippen LogP contribution < -0.4 is 5.73 Å². The van der Waals surface area contributed by atoms with Gasteiger partial charge < -0.3 is 5.73 Å². The number of hydrogen-bond donors (Lipinski definition) is 1. The predicted molar refractivity (Wildman–Crippen MR) is 77.5 cm³/mol. The lowest BCUT2D eigenvalue weighted by atomic mass is 9.82. The summed E-state index contributed by atoms with van der Waals surface area (Å²) >= 11 is 2.15. The molecule has 2 nitrogen and oxygen atoms in total. The van der Waals surface area contributed by atoms with Gasteiger partial charge in [-0.2, -0.15) is 11.8 Å². The highest BCUT2D eigenvalue weighted by atomic mass is 32.2. The largest absolute Gasteiger partial charge is 0.330 e. The zero-order chi connectivity index (χ0) is 12.3. The molecule has 4 unspecified atom stereocenters. The molecule has 1 aliphatic heterocycles. The molecule has 0 aromatic rings. The molecule has 0 bridgehead atoms. The fourth-order valence-electron chi connectivity index (χ4n) is 3.77. The molecule has 3 heteroatoms. The van der Waals surface area contributed by atoms with Crippen LogP contribution in [0.2, 0.25) is 0 Å². The van der Waals surface area contributed by atoms with Gasteiger partial charge in [0.1, 0.15) is 0 Å². The summed E-state index contributed by atoms with van der Waals surface area (Å²) < 4.78 is 0. The highest BCUT2D eigenvalue weighted by Gasteiger charge is 2.36. The first-order valence-corrected chi connectivity index (χ1v) is 8.40. The average Bonchev–Trinajstić information content (AvgIpc) is 2.78. The van der Waals surface area contributed by atoms with E-state index in [1.807, 2.05) is 0 Å². The van der Waals surface area contributed by atoms with Crippen LogP contribution >= 0.6 is 11.8 Å². The number of nitrogens with zero attached hydrogens (tertiary/aromatic N) is 1. The van der Waals surface area contributed by atoms with Gasteiger partial charge in [0.2, 0.25) is 0 Å². The molecule has 0 amide bonds. The third kappa shape index (κ3) is 2.99. The van der Waals surface area contributed by atoms with Gasteiger partial charge in [-0.05, 0) is 44.0 Å². The molecule has 1 aliphatic carbocycles. The molecule has 2 aliphatic rings. The molecule has 0 spiro atoms. The van der Waals surface area contributed by atoms with Crippen molar-refractivity contribution < 1.29 is 0 Å². The van der Waals surface area contributed by atoms with Gasteiger partial charge in [0.25, 0.3) is 0 Å². The Bertz CT molecular complexity index is 234. The topological polar surface area (TPSA) is 29.3 Å². The second-order valence-electron chi connectivity index (χ2n) is 5.61. The van der Waals surface area contributed by atoms with Crippen molar-refractivity contribution in [2.75, 3.05) is 18.8 Å². The molecule has 2 rings (SSSR count). The van der Waals surface area contributed by atoms with E-state index in [2.05, 4.69) is 30.5 Å². The van der Waals surface area contributed by atoms with Crippen LogP contribution in [-0.4, -0.2) is 41.1 Å². The third-order valence-corrected chi connectivity index (χ3v) is 6.04. The predicted octanol–water partition coefficient (Wildman–Crippen LogP) is 2.72. The minimum Gasteiger partial charge on any atom is -0.330 e. The Kier molecular flexibility index (Phi) is 5.19. The van der Waals surface area contributed by atoms with Crippen LogP contribution in [0.4, 0.5) is 0 Å². The lowest BCUT2D eigenvalue weighted by Gasteiger charge is -2.43. The van der Waals surface area contributed by atoms with Crippen molar-refractivity contribution in [1.29, 1.82) is 0 Å². The van der Waals surface area contributed by atoms with Gasteiger partial charge in [-0.1, -0.05) is 26.7 Å². The van der Waals surface area contributed by atoms with Gasteiger partial charge in [0.15, 0.2) is 0 Å². The van der Waals surface area contributed by atoms with E-state index in [0.717, 1.165) is 29.8 Å². The number of hydrogen-bond acceptors (Lipinski definition) is 3. The zero-order valence-corrected chi connectivity index (χ0v) is 12.2. The summed E-state index contributed by atoms with van der Waals surface area (Å²) in [5.41, 5.74) is 5.99. The fourth-order valence-corrected chi connectivity index (χ4v) is 5.03. The molecule has 1 heterocycles. The Morgan fingerprint density at radius 1 is 1.18 bits per heavy atom. The number of thioether (sulfide) groups is 1. The highest BCUT2D eigenvalue weighted by molar-refractivity contribution is 8.00. The summed E-state index contributed by atoms with van der Waals surface area (Å²) in [5.74, 6) is 2.10. The van der Waals surface area contributed by atoms with Crippen LogP contribution in [0.15, 0.2) is 0 Å². The van der Waals surface area contributed by atoms with Crippen LogP contribution in [0, 0.1) is 5.92 Å². The summed E-state index contributed by atoms with van der Waals surface area (Å²) in [6, 6.07) is 1.58. The van der Waals surface area contributed by atoms with Crippen LogP contribution in [-0.2, 0) is 0 Å². The SMILES string of the molecule is CCN(C1CCCCC1CN)C1CCSC1C. The minimum absolute atomic E-state index is 0.751. The van der Waals surface area contributed by atoms with Gasteiger partial charge in [-0.3, -0.25) is 4.90 Å². The quantitative estimate of drug-likeness (QED) is 0.838. The molecule has 0 radical (unpaired) electrons. The van der Waals surface area contributed by atoms with Crippen LogP contribution in [0.1, 0.15) is 46.0 Å². The normalized spacial score (nSPS) is 38.8. The van der Waals surface area contributed by atoms with Gasteiger partial charge >= 0.3 is 0 Å². The van der Waals surface area contributed by atoms with Gasteiger partial charge in [-0.15, -0.1) is 0 Å². The second kappa shape index (κ2) is 6.44. The molecular formula is C14H28N2S. The Balaban J connectivity index is 2.04. The van der Waals surface area contributed by atoms with E-state index in [4.69, 9.17) is 5.73 Å². The van der Waals surface area contributed by atoms with E-state index in [0.29, 0.717) is 0 Å². The smallest absolute Gasteiger partial charge is 0.0222 e. The molecule has 0 aromatic carbocycles. The van der Waals surface area contributed by atoms with E-state index >= 15 is 0 Å². The molecular weight excluding hydrogens is 228 g/mol. The van der Waals surface area contributed by atoms with E-state index < -0.39 is 0 Å². The zero-order valence-electron chi connectivity index (χ0n) is 11.4. The van der Waals surface area contributed by atoms with Crippen molar-refractivity contribution in [1.82, 2.24) is 4.90 Å². The first kappa shape index (κ1) is 13.7. The summed E-state index contributed by atoms with van der Waals surface area (Å²) in [6.07, 6.45) is 6.92. The average molecular weight is 256 g/mol. The summed E-state index contributed by atoms with van der Waals surface area (Å²) in [4.78, 5) is 2.79. The molecule has 0 aromatic heterocycles. The van der Waals surface area contributed by atoms with E-state index in [1.165, 1.54) is 44.4 Å². The van der Waals surface area contributed by atoms with Crippen LogP contribution in [0.25, 0.3) is 0 Å². The van der Waals surface area contributed by atoms with Crippen molar-refractivity contribution in [3.8, 4) is 0 Å². The van der Waals surface area contributed by atoms with E-state index in [1.54, 1.807) is 0 Å². The fraction of sp³-hybridized carbons (Fsp3) is 1.00. The van der Waals surface area contributed by atoms with Crippen molar-refractivity contribution in [3.05, 3.63) is 0 Å². The Morgan fingerprint density at radius 3 is 2.53 bits per heavy atom. The Morgan fingerprint density at radius 2 is 1.94 bits per heavy atom. The van der Waals surface area contributed by atoms with Crippen molar-refractivity contribution >= 4 is 11.8 Å². The Labute approximate surface area is 111 Å². The maximum absolute atomic E-state index is 5.99. The van der Waals surface area contributed by atoms with Gasteiger partial charge in [-0.25, -0.2) is 0 Å². The lowest BCUT2D eigenvalue weighted by molar-refractivity contribution is 0.0719. The highest BCUT2D eigenvalue weighted by Crippen LogP contribution is 2.36.